The molecule has 1 rings (SSSR count). The number of hydrogen-bond donors (Lipinski definition) is 0. The van der Waals surface area contributed by atoms with E-state index in [2.05, 4.69) is 6.58 Å². The van der Waals surface area contributed by atoms with Gasteiger partial charge in [-0.1, -0.05) is 31.2 Å². The molecule has 0 saturated heterocycles. The third kappa shape index (κ3) is 2.94. The number of rotatable bonds is 5. The summed E-state index contributed by atoms with van der Waals surface area (Å²) in [4.78, 5) is 11.9. The molecule has 0 fully saturated rings. The second-order valence-electron chi connectivity index (χ2n) is 3.40. The summed E-state index contributed by atoms with van der Waals surface area (Å²) in [6, 6.07) is 7.26. The van der Waals surface area contributed by atoms with Crippen LogP contribution in [0.3, 0.4) is 0 Å². The standard InChI is InChI=1S/C13H16O2/c1-4-10(2)9-12(14)11-7-5-6-8-13(11)15-3/h5-8H,2,4,9H2,1,3H3. The summed E-state index contributed by atoms with van der Waals surface area (Å²) >= 11 is 0. The van der Waals surface area contributed by atoms with Crippen LogP contribution in [-0.2, 0) is 0 Å². The molecule has 0 unspecified atom stereocenters. The third-order valence-corrected chi connectivity index (χ3v) is 2.32. The number of hydrogen-bond acceptors (Lipinski definition) is 2. The van der Waals surface area contributed by atoms with Gasteiger partial charge in [0.05, 0.1) is 12.7 Å². The van der Waals surface area contributed by atoms with Crippen LogP contribution in [0.1, 0.15) is 30.1 Å². The van der Waals surface area contributed by atoms with Crippen molar-refractivity contribution in [1.29, 1.82) is 0 Å². The van der Waals surface area contributed by atoms with Gasteiger partial charge in [-0.15, -0.1) is 0 Å². The number of benzene rings is 1. The highest BCUT2D eigenvalue weighted by atomic mass is 16.5. The third-order valence-electron chi connectivity index (χ3n) is 2.32. The zero-order valence-electron chi connectivity index (χ0n) is 9.25. The second kappa shape index (κ2) is 5.35. The number of ketones is 1. The van der Waals surface area contributed by atoms with Gasteiger partial charge < -0.3 is 4.74 Å². The van der Waals surface area contributed by atoms with Crippen molar-refractivity contribution < 1.29 is 9.53 Å². The van der Waals surface area contributed by atoms with E-state index in [9.17, 15) is 4.79 Å². The first-order valence-electron chi connectivity index (χ1n) is 5.02. The van der Waals surface area contributed by atoms with Gasteiger partial charge in [0.15, 0.2) is 5.78 Å². The summed E-state index contributed by atoms with van der Waals surface area (Å²) in [5.41, 5.74) is 1.58. The van der Waals surface area contributed by atoms with Gasteiger partial charge in [0.2, 0.25) is 0 Å². The molecule has 0 amide bonds. The molecule has 0 saturated carbocycles. The van der Waals surface area contributed by atoms with Gasteiger partial charge in [0.25, 0.3) is 0 Å². The van der Waals surface area contributed by atoms with Crippen molar-refractivity contribution >= 4 is 5.78 Å². The highest BCUT2D eigenvalue weighted by Crippen LogP contribution is 2.20. The maximum atomic E-state index is 11.9. The lowest BCUT2D eigenvalue weighted by Gasteiger charge is -2.07. The minimum atomic E-state index is 0.0688. The van der Waals surface area contributed by atoms with Crippen molar-refractivity contribution in [2.24, 2.45) is 0 Å². The average molecular weight is 204 g/mol. The number of carbonyl (C=O) groups is 1. The van der Waals surface area contributed by atoms with Crippen LogP contribution in [0, 0.1) is 0 Å². The Balaban J connectivity index is 2.86. The maximum Gasteiger partial charge on any atom is 0.170 e. The number of methoxy groups -OCH3 is 1. The van der Waals surface area contributed by atoms with Crippen molar-refractivity contribution in [3.8, 4) is 5.75 Å². The lowest BCUT2D eigenvalue weighted by Crippen LogP contribution is -2.02. The Morgan fingerprint density at radius 1 is 1.40 bits per heavy atom. The smallest absolute Gasteiger partial charge is 0.170 e. The largest absolute Gasteiger partial charge is 0.496 e. The number of Topliss-reactive ketones (excluding diaryl/α,β-unsaturated/α-hetero) is 1. The topological polar surface area (TPSA) is 26.3 Å². The highest BCUT2D eigenvalue weighted by Gasteiger charge is 2.11. The number of ether oxygens (including phenoxy) is 1. The molecule has 80 valence electrons. The fraction of sp³-hybridized carbons (Fsp3) is 0.308. The molecule has 2 heteroatoms. The molecule has 0 aliphatic rings. The summed E-state index contributed by atoms with van der Waals surface area (Å²) in [6.07, 6.45) is 1.23. The van der Waals surface area contributed by atoms with Gasteiger partial charge >= 0.3 is 0 Å². The first kappa shape index (κ1) is 11.5. The van der Waals surface area contributed by atoms with E-state index in [1.54, 1.807) is 19.2 Å². The lowest BCUT2D eigenvalue weighted by atomic mass is 10.0. The van der Waals surface area contributed by atoms with Crippen molar-refractivity contribution in [2.45, 2.75) is 19.8 Å². The quantitative estimate of drug-likeness (QED) is 0.543. The summed E-state index contributed by atoms with van der Waals surface area (Å²) < 4.78 is 5.13. The fourth-order valence-corrected chi connectivity index (χ4v) is 1.32. The number of para-hydroxylation sites is 1. The van der Waals surface area contributed by atoms with Crippen LogP contribution in [0.25, 0.3) is 0 Å². The lowest BCUT2D eigenvalue weighted by molar-refractivity contribution is 0.0989. The highest BCUT2D eigenvalue weighted by molar-refractivity contribution is 5.99. The molecule has 15 heavy (non-hydrogen) atoms. The Morgan fingerprint density at radius 2 is 2.07 bits per heavy atom. The second-order valence-corrected chi connectivity index (χ2v) is 3.40. The predicted molar refractivity (Wildman–Crippen MR) is 61.4 cm³/mol. The monoisotopic (exact) mass is 204 g/mol. The van der Waals surface area contributed by atoms with E-state index in [-0.39, 0.29) is 5.78 Å². The minimum absolute atomic E-state index is 0.0688. The van der Waals surface area contributed by atoms with E-state index in [0.717, 1.165) is 12.0 Å². The summed E-state index contributed by atoms with van der Waals surface area (Å²) in [7, 11) is 1.57. The Morgan fingerprint density at radius 3 is 2.67 bits per heavy atom. The van der Waals surface area contributed by atoms with Crippen LogP contribution in [0.2, 0.25) is 0 Å². The van der Waals surface area contributed by atoms with Gasteiger partial charge in [-0.25, -0.2) is 0 Å². The van der Waals surface area contributed by atoms with E-state index in [0.29, 0.717) is 17.7 Å². The van der Waals surface area contributed by atoms with Gasteiger partial charge in [-0.3, -0.25) is 4.79 Å². The van der Waals surface area contributed by atoms with E-state index < -0.39 is 0 Å². The molecule has 1 aromatic carbocycles. The van der Waals surface area contributed by atoms with Crippen LogP contribution in [0.15, 0.2) is 36.4 Å². The Labute approximate surface area is 90.6 Å². The molecule has 0 aromatic heterocycles. The Kier molecular flexibility index (Phi) is 4.10. The molecule has 2 nitrogen and oxygen atoms in total. The SMILES string of the molecule is C=C(CC)CC(=O)c1ccccc1OC. The van der Waals surface area contributed by atoms with E-state index >= 15 is 0 Å². The van der Waals surface area contributed by atoms with Crippen LogP contribution >= 0.6 is 0 Å². The molecular weight excluding hydrogens is 188 g/mol. The van der Waals surface area contributed by atoms with Crippen LogP contribution < -0.4 is 4.74 Å². The summed E-state index contributed by atoms with van der Waals surface area (Å²) in [5.74, 6) is 0.700. The molecule has 0 aliphatic heterocycles. The molecule has 0 aliphatic carbocycles. The summed E-state index contributed by atoms with van der Waals surface area (Å²) in [6.45, 7) is 5.83. The van der Waals surface area contributed by atoms with Crippen molar-refractivity contribution in [3.63, 3.8) is 0 Å². The average Bonchev–Trinajstić information content (AvgIpc) is 2.28. The van der Waals surface area contributed by atoms with Crippen LogP contribution in [-0.4, -0.2) is 12.9 Å². The first-order chi connectivity index (χ1) is 7.19. The van der Waals surface area contributed by atoms with Crippen LogP contribution in [0.4, 0.5) is 0 Å². The molecule has 1 aromatic rings. The van der Waals surface area contributed by atoms with Gasteiger partial charge in [-0.2, -0.15) is 0 Å². The molecule has 0 bridgehead atoms. The number of allylic oxidation sites excluding steroid dienone is 1. The Hall–Kier alpha value is -1.57. The minimum Gasteiger partial charge on any atom is -0.496 e. The molecule has 0 spiro atoms. The van der Waals surface area contributed by atoms with Gasteiger partial charge in [0.1, 0.15) is 5.75 Å². The first-order valence-corrected chi connectivity index (χ1v) is 5.02. The van der Waals surface area contributed by atoms with Gasteiger partial charge in [-0.05, 0) is 18.6 Å². The van der Waals surface area contributed by atoms with E-state index in [1.807, 2.05) is 19.1 Å². The predicted octanol–water partition coefficient (Wildman–Crippen LogP) is 3.23. The molecular formula is C13H16O2. The number of carbonyl (C=O) groups excluding carboxylic acids is 1. The van der Waals surface area contributed by atoms with Crippen molar-refractivity contribution in [2.75, 3.05) is 7.11 Å². The van der Waals surface area contributed by atoms with E-state index in [1.165, 1.54) is 0 Å². The maximum absolute atomic E-state index is 11.9. The van der Waals surface area contributed by atoms with Crippen LogP contribution in [0.5, 0.6) is 5.75 Å². The molecule has 0 radical (unpaired) electrons. The fourth-order valence-electron chi connectivity index (χ4n) is 1.32. The Bertz CT molecular complexity index is 367. The molecule has 0 atom stereocenters. The summed E-state index contributed by atoms with van der Waals surface area (Å²) in [5, 5.41) is 0. The zero-order valence-corrected chi connectivity index (χ0v) is 9.25. The zero-order chi connectivity index (χ0) is 11.3. The van der Waals surface area contributed by atoms with Gasteiger partial charge in [0, 0.05) is 6.42 Å². The molecule has 0 N–H and O–H groups in total. The van der Waals surface area contributed by atoms with Crippen molar-refractivity contribution in [3.05, 3.63) is 42.0 Å². The molecule has 0 heterocycles. The van der Waals surface area contributed by atoms with E-state index in [4.69, 9.17) is 4.74 Å². The normalized spacial score (nSPS) is 9.73. The van der Waals surface area contributed by atoms with Crippen molar-refractivity contribution in [1.82, 2.24) is 0 Å².